The fourth-order valence-electron chi connectivity index (χ4n) is 2.14. The summed E-state index contributed by atoms with van der Waals surface area (Å²) in [6.45, 7) is 12.7. The van der Waals surface area contributed by atoms with Crippen molar-refractivity contribution in [3.8, 4) is 0 Å². The van der Waals surface area contributed by atoms with E-state index in [2.05, 4.69) is 34.6 Å². The van der Waals surface area contributed by atoms with E-state index in [1.165, 1.54) is 0 Å². The van der Waals surface area contributed by atoms with Gasteiger partial charge in [-0.15, -0.1) is 0 Å². The van der Waals surface area contributed by atoms with Crippen LogP contribution in [0.15, 0.2) is 0 Å². The third-order valence-electron chi connectivity index (χ3n) is 4.14. The Bertz CT molecular complexity index is 187. The lowest BCUT2D eigenvalue weighted by molar-refractivity contribution is -0.162. The van der Waals surface area contributed by atoms with Crippen LogP contribution in [0.1, 0.15) is 60.8 Å². The zero-order valence-electron chi connectivity index (χ0n) is 11.2. The second-order valence-corrected chi connectivity index (χ2v) is 5.88. The van der Waals surface area contributed by atoms with Gasteiger partial charge in [0.25, 0.3) is 0 Å². The molecule has 2 heteroatoms. The smallest absolute Gasteiger partial charge is 0.157 e. The molecule has 0 bridgehead atoms. The van der Waals surface area contributed by atoms with Crippen molar-refractivity contribution in [3.05, 3.63) is 0 Å². The average molecular weight is 216 g/mol. The summed E-state index contributed by atoms with van der Waals surface area (Å²) in [7, 11) is 0. The van der Waals surface area contributed by atoms with Gasteiger partial charge in [0.05, 0.1) is 0 Å². The standard InChI is InChI=1S/C13H28O2/c1-7-10(3)13(6,11(14)15)9-12(4,5)8-2/h10-11,14-15H,7-9H2,1-6H3. The van der Waals surface area contributed by atoms with Crippen LogP contribution in [0.4, 0.5) is 0 Å². The molecule has 0 radical (unpaired) electrons. The molecule has 0 aliphatic rings. The lowest BCUT2D eigenvalue weighted by atomic mass is 9.65. The molecule has 2 N–H and O–H groups in total. The molecule has 2 nitrogen and oxygen atoms in total. The Morgan fingerprint density at radius 3 is 1.80 bits per heavy atom. The van der Waals surface area contributed by atoms with Crippen LogP contribution in [-0.4, -0.2) is 16.5 Å². The van der Waals surface area contributed by atoms with Crippen LogP contribution in [0.5, 0.6) is 0 Å². The summed E-state index contributed by atoms with van der Waals surface area (Å²) in [5.41, 5.74) is -0.226. The van der Waals surface area contributed by atoms with Gasteiger partial charge >= 0.3 is 0 Å². The number of aliphatic hydroxyl groups excluding tert-OH is 1. The molecule has 0 spiro atoms. The first kappa shape index (κ1) is 14.9. The molecule has 92 valence electrons. The first-order chi connectivity index (χ1) is 6.69. The van der Waals surface area contributed by atoms with E-state index in [9.17, 15) is 10.2 Å². The van der Waals surface area contributed by atoms with Crippen molar-refractivity contribution in [2.24, 2.45) is 16.7 Å². The van der Waals surface area contributed by atoms with E-state index in [1.807, 2.05) is 6.92 Å². The van der Waals surface area contributed by atoms with Crippen molar-refractivity contribution >= 4 is 0 Å². The van der Waals surface area contributed by atoms with Crippen molar-refractivity contribution < 1.29 is 10.2 Å². The minimum absolute atomic E-state index is 0.169. The number of rotatable bonds is 6. The van der Waals surface area contributed by atoms with E-state index in [4.69, 9.17) is 0 Å². The normalized spacial score (nSPS) is 19.0. The lowest BCUT2D eigenvalue weighted by Crippen LogP contribution is -2.41. The Morgan fingerprint density at radius 2 is 1.53 bits per heavy atom. The van der Waals surface area contributed by atoms with E-state index in [-0.39, 0.29) is 5.41 Å². The maximum Gasteiger partial charge on any atom is 0.157 e. The molecule has 0 aromatic rings. The first-order valence-electron chi connectivity index (χ1n) is 6.05. The topological polar surface area (TPSA) is 40.5 Å². The minimum Gasteiger partial charge on any atom is -0.368 e. The molecular weight excluding hydrogens is 188 g/mol. The first-order valence-corrected chi connectivity index (χ1v) is 6.05. The average Bonchev–Trinajstić information content (AvgIpc) is 2.15. The molecule has 0 saturated heterocycles. The zero-order valence-corrected chi connectivity index (χ0v) is 11.2. The summed E-state index contributed by atoms with van der Waals surface area (Å²) in [5, 5.41) is 19.2. The molecule has 0 amide bonds. The number of hydrogen-bond donors (Lipinski definition) is 2. The van der Waals surface area contributed by atoms with Gasteiger partial charge in [-0.25, -0.2) is 0 Å². The SMILES string of the molecule is CCC(C)C(C)(CC(C)(C)CC)C(O)O. The molecule has 0 aliphatic heterocycles. The molecule has 0 aromatic heterocycles. The zero-order chi connectivity index (χ0) is 12.3. The largest absolute Gasteiger partial charge is 0.368 e. The Kier molecular flexibility index (Phi) is 5.28. The summed E-state index contributed by atoms with van der Waals surface area (Å²) in [5.74, 6) is 0.323. The van der Waals surface area contributed by atoms with Crippen molar-refractivity contribution in [3.63, 3.8) is 0 Å². The molecular formula is C13H28O2. The number of hydrogen-bond acceptors (Lipinski definition) is 2. The van der Waals surface area contributed by atoms with Crippen molar-refractivity contribution in [2.45, 2.75) is 67.1 Å². The molecule has 0 saturated carbocycles. The highest BCUT2D eigenvalue weighted by molar-refractivity contribution is 4.86. The predicted octanol–water partition coefficient (Wildman–Crippen LogP) is 3.18. The predicted molar refractivity (Wildman–Crippen MR) is 64.5 cm³/mol. The lowest BCUT2D eigenvalue weighted by Gasteiger charge is -2.42. The monoisotopic (exact) mass is 216 g/mol. The van der Waals surface area contributed by atoms with Gasteiger partial charge in [0, 0.05) is 5.41 Å². The van der Waals surface area contributed by atoms with Crippen LogP contribution in [0.2, 0.25) is 0 Å². The van der Waals surface area contributed by atoms with Gasteiger partial charge in [0.2, 0.25) is 0 Å². The fourth-order valence-corrected chi connectivity index (χ4v) is 2.14. The molecule has 15 heavy (non-hydrogen) atoms. The van der Waals surface area contributed by atoms with Gasteiger partial charge in [-0.3, -0.25) is 0 Å². The van der Waals surface area contributed by atoms with Crippen LogP contribution < -0.4 is 0 Å². The van der Waals surface area contributed by atoms with E-state index in [0.717, 1.165) is 19.3 Å². The van der Waals surface area contributed by atoms with Gasteiger partial charge in [-0.1, -0.05) is 54.4 Å². The van der Waals surface area contributed by atoms with Gasteiger partial charge in [0.1, 0.15) is 0 Å². The Morgan fingerprint density at radius 1 is 1.07 bits per heavy atom. The van der Waals surface area contributed by atoms with Gasteiger partial charge in [0.15, 0.2) is 6.29 Å². The fraction of sp³-hybridized carbons (Fsp3) is 1.00. The van der Waals surface area contributed by atoms with Crippen LogP contribution in [-0.2, 0) is 0 Å². The highest BCUT2D eigenvalue weighted by Gasteiger charge is 2.40. The van der Waals surface area contributed by atoms with E-state index in [0.29, 0.717) is 5.92 Å². The Hall–Kier alpha value is -0.0800. The highest BCUT2D eigenvalue weighted by Crippen LogP contribution is 2.44. The van der Waals surface area contributed by atoms with E-state index >= 15 is 0 Å². The summed E-state index contributed by atoms with van der Waals surface area (Å²) >= 11 is 0. The van der Waals surface area contributed by atoms with Crippen molar-refractivity contribution in [2.75, 3.05) is 0 Å². The quantitative estimate of drug-likeness (QED) is 0.669. The third-order valence-corrected chi connectivity index (χ3v) is 4.14. The summed E-state index contributed by atoms with van der Waals surface area (Å²) in [6, 6.07) is 0. The molecule has 0 rings (SSSR count). The Balaban J connectivity index is 4.81. The summed E-state index contributed by atoms with van der Waals surface area (Å²) in [6.07, 6.45) is 1.67. The van der Waals surface area contributed by atoms with Gasteiger partial charge in [-0.05, 0) is 17.8 Å². The van der Waals surface area contributed by atoms with Crippen LogP contribution in [0, 0.1) is 16.7 Å². The van der Waals surface area contributed by atoms with Crippen molar-refractivity contribution in [1.29, 1.82) is 0 Å². The van der Waals surface area contributed by atoms with E-state index < -0.39 is 11.7 Å². The number of aliphatic hydroxyl groups is 2. The molecule has 0 aromatic carbocycles. The molecule has 2 unspecified atom stereocenters. The molecule has 0 heterocycles. The Labute approximate surface area is 94.7 Å². The highest BCUT2D eigenvalue weighted by atomic mass is 16.5. The van der Waals surface area contributed by atoms with Gasteiger partial charge < -0.3 is 10.2 Å². The maximum atomic E-state index is 9.59. The van der Waals surface area contributed by atoms with Gasteiger partial charge in [-0.2, -0.15) is 0 Å². The van der Waals surface area contributed by atoms with Crippen molar-refractivity contribution in [1.82, 2.24) is 0 Å². The molecule has 2 atom stereocenters. The summed E-state index contributed by atoms with van der Waals surface area (Å²) < 4.78 is 0. The van der Waals surface area contributed by atoms with Crippen LogP contribution in [0.25, 0.3) is 0 Å². The molecule has 0 aliphatic carbocycles. The van der Waals surface area contributed by atoms with E-state index in [1.54, 1.807) is 0 Å². The second-order valence-electron chi connectivity index (χ2n) is 5.88. The molecule has 0 fully saturated rings. The minimum atomic E-state index is -1.22. The maximum absolute atomic E-state index is 9.59. The van der Waals surface area contributed by atoms with Crippen LogP contribution >= 0.6 is 0 Å². The summed E-state index contributed by atoms with van der Waals surface area (Å²) in [4.78, 5) is 0. The van der Waals surface area contributed by atoms with Crippen LogP contribution in [0.3, 0.4) is 0 Å². The second kappa shape index (κ2) is 5.31. The third kappa shape index (κ3) is 3.76.